The quantitative estimate of drug-likeness (QED) is 0.0687. The van der Waals surface area contributed by atoms with Crippen molar-refractivity contribution in [1.29, 1.82) is 0 Å². The van der Waals surface area contributed by atoms with Gasteiger partial charge in [-0.2, -0.15) is 0 Å². The molecule has 2 saturated heterocycles. The van der Waals surface area contributed by atoms with Crippen molar-refractivity contribution in [3.8, 4) is 10.4 Å². The standard InChI is InChI=1S/C49H59ClN12O7S2/c1-28-9-7-10-34(50)42(28)59-46(68)36-24-53-48(71-36)57-37-22-38(56-30(3)55-37)60-17-19-61(20-18-60)41(66)25-51-39(64)11-8-12-40(65)58-44(49(4,5)6)47(69)62-26-33(63)21-35(62)45(67)52-23-31-13-15-32(16-14-31)43-29(2)54-27-70-43/h7,9-10,13-16,22,24,27,33,35,44,63H,8,11-12,17-21,23,25-26H2,1-6H3,(H,51,64)(H,52,67)(H,58,65)(H,59,68)(H,53,55,56,57). The van der Waals surface area contributed by atoms with Crippen molar-refractivity contribution in [2.45, 2.75) is 92.0 Å². The summed E-state index contributed by atoms with van der Waals surface area (Å²) in [5, 5.41) is 25.9. The van der Waals surface area contributed by atoms with Crippen LogP contribution in [0.2, 0.25) is 5.02 Å². The molecule has 5 heterocycles. The van der Waals surface area contributed by atoms with Crippen molar-refractivity contribution in [3.63, 3.8) is 0 Å². The van der Waals surface area contributed by atoms with Crippen LogP contribution in [0.5, 0.6) is 0 Å². The van der Waals surface area contributed by atoms with Gasteiger partial charge in [0.25, 0.3) is 5.91 Å². The van der Waals surface area contributed by atoms with Gasteiger partial charge in [0.05, 0.1) is 45.6 Å². The maximum Gasteiger partial charge on any atom is 0.267 e. The Morgan fingerprint density at radius 1 is 0.915 bits per heavy atom. The minimum Gasteiger partial charge on any atom is -0.391 e. The molecule has 7 rings (SSSR count). The van der Waals surface area contributed by atoms with Crippen LogP contribution in [0.4, 0.5) is 22.5 Å². The molecule has 2 fully saturated rings. The Bertz CT molecular complexity index is 2730. The van der Waals surface area contributed by atoms with Crippen LogP contribution in [0, 0.1) is 26.2 Å². The SMILES string of the molecule is Cc1nc(Nc2ncc(C(=O)Nc3c(C)cccc3Cl)s2)cc(N2CCN(C(=O)CNC(=O)CCCC(=O)NC(C(=O)N3CC(O)CC3C(=O)NCc3ccc(-c4scnc4C)cc3)C(C)(C)C)CC2)n1. The summed E-state index contributed by atoms with van der Waals surface area (Å²) in [6.45, 7) is 12.8. The van der Waals surface area contributed by atoms with Crippen LogP contribution in [-0.2, 0) is 30.5 Å². The normalized spacial score (nSPS) is 16.3. The number of nitrogens with zero attached hydrogens (tertiary/aromatic N) is 7. The van der Waals surface area contributed by atoms with Crippen LogP contribution in [0.15, 0.2) is 60.2 Å². The van der Waals surface area contributed by atoms with E-state index in [9.17, 15) is 33.9 Å². The highest BCUT2D eigenvalue weighted by Crippen LogP contribution is 2.31. The highest BCUT2D eigenvalue weighted by molar-refractivity contribution is 7.17. The molecule has 22 heteroatoms. The lowest BCUT2D eigenvalue weighted by Crippen LogP contribution is -2.57. The number of amides is 6. The van der Waals surface area contributed by atoms with E-state index in [1.165, 1.54) is 22.4 Å². The lowest BCUT2D eigenvalue weighted by atomic mass is 9.85. The molecule has 3 aromatic heterocycles. The molecule has 3 atom stereocenters. The Morgan fingerprint density at radius 3 is 2.34 bits per heavy atom. The third-order valence-electron chi connectivity index (χ3n) is 12.2. The molecule has 2 aliphatic rings. The van der Waals surface area contributed by atoms with Crippen molar-refractivity contribution < 1.29 is 33.9 Å². The highest BCUT2D eigenvalue weighted by atomic mass is 35.5. The molecule has 0 saturated carbocycles. The van der Waals surface area contributed by atoms with E-state index in [1.54, 1.807) is 61.6 Å². The number of carbonyl (C=O) groups is 6. The molecule has 0 bridgehead atoms. The number of anilines is 4. The molecular formula is C49H59ClN12O7S2. The summed E-state index contributed by atoms with van der Waals surface area (Å²) in [5.41, 5.74) is 5.28. The number of aliphatic hydroxyl groups is 1. The van der Waals surface area contributed by atoms with Crippen molar-refractivity contribution in [3.05, 3.63) is 92.8 Å². The van der Waals surface area contributed by atoms with E-state index in [-0.39, 0.29) is 63.0 Å². The van der Waals surface area contributed by atoms with Crippen LogP contribution < -0.4 is 31.5 Å². The topological polar surface area (TPSA) is 244 Å². The molecule has 0 aliphatic carbocycles. The Labute approximate surface area is 425 Å². The van der Waals surface area contributed by atoms with Crippen molar-refractivity contribution in [1.82, 2.24) is 45.7 Å². The fourth-order valence-corrected chi connectivity index (χ4v) is 10.1. The van der Waals surface area contributed by atoms with Gasteiger partial charge in [0.1, 0.15) is 34.4 Å². The lowest BCUT2D eigenvalue weighted by molar-refractivity contribution is -0.144. The third kappa shape index (κ3) is 13.7. The zero-order valence-corrected chi connectivity index (χ0v) is 42.9. The molecule has 0 radical (unpaired) electrons. The summed E-state index contributed by atoms with van der Waals surface area (Å²) < 4.78 is 0. The Kier molecular flexibility index (Phi) is 17.0. The molecule has 376 valence electrons. The number of hydrogen-bond acceptors (Lipinski definition) is 15. The van der Waals surface area contributed by atoms with Gasteiger partial charge in [-0.1, -0.05) is 80.1 Å². The van der Waals surface area contributed by atoms with Gasteiger partial charge in [-0.25, -0.2) is 19.9 Å². The smallest absolute Gasteiger partial charge is 0.267 e. The van der Waals surface area contributed by atoms with Gasteiger partial charge in [0, 0.05) is 64.6 Å². The minimum atomic E-state index is -1.01. The summed E-state index contributed by atoms with van der Waals surface area (Å²) in [6, 6.07) is 13.0. The summed E-state index contributed by atoms with van der Waals surface area (Å²) >= 11 is 9.01. The molecule has 6 amide bonds. The van der Waals surface area contributed by atoms with E-state index in [2.05, 4.69) is 46.5 Å². The number of piperazine rings is 1. The van der Waals surface area contributed by atoms with Crippen LogP contribution >= 0.6 is 34.3 Å². The molecule has 2 aliphatic heterocycles. The maximum absolute atomic E-state index is 14.0. The van der Waals surface area contributed by atoms with Gasteiger partial charge in [-0.05, 0) is 55.4 Å². The number of hydrogen-bond donors (Lipinski definition) is 6. The largest absolute Gasteiger partial charge is 0.391 e. The Balaban J connectivity index is 0.821. The fraction of sp³-hybridized carbons (Fsp3) is 0.429. The van der Waals surface area contributed by atoms with Crippen molar-refractivity contribution in [2.24, 2.45) is 5.41 Å². The zero-order valence-electron chi connectivity index (χ0n) is 40.5. The first kappa shape index (κ1) is 52.3. The number of aliphatic hydroxyl groups excluding tert-OH is 1. The number of halogens is 1. The number of thiazole rings is 2. The van der Waals surface area contributed by atoms with Gasteiger partial charge in [0.15, 0.2) is 5.13 Å². The number of benzene rings is 2. The summed E-state index contributed by atoms with van der Waals surface area (Å²) in [6.07, 6.45) is 0.740. The molecule has 2 aromatic carbocycles. The number of para-hydroxylation sites is 1. The monoisotopic (exact) mass is 1030 g/mol. The Hall–Kier alpha value is -6.55. The first-order chi connectivity index (χ1) is 33.8. The summed E-state index contributed by atoms with van der Waals surface area (Å²) in [5.74, 6) is -0.623. The van der Waals surface area contributed by atoms with Crippen LogP contribution in [-0.4, -0.2) is 128 Å². The average Bonchev–Trinajstić information content (AvgIpc) is 4.10. The molecular weight excluding hydrogens is 968 g/mol. The molecule has 19 nitrogen and oxygen atoms in total. The van der Waals surface area contributed by atoms with Crippen LogP contribution in [0.25, 0.3) is 10.4 Å². The minimum absolute atomic E-state index is 0.0159. The number of aryl methyl sites for hydroxylation is 3. The van der Waals surface area contributed by atoms with Gasteiger partial charge >= 0.3 is 0 Å². The van der Waals surface area contributed by atoms with Crippen LogP contribution in [0.1, 0.15) is 78.8 Å². The van der Waals surface area contributed by atoms with Crippen molar-refractivity contribution in [2.75, 3.05) is 54.8 Å². The fourth-order valence-electron chi connectivity index (χ4n) is 8.27. The predicted octanol–water partition coefficient (Wildman–Crippen LogP) is 5.38. The maximum atomic E-state index is 14.0. The molecule has 0 spiro atoms. The molecule has 6 N–H and O–H groups in total. The first-order valence-corrected chi connectivity index (χ1v) is 25.4. The second-order valence-electron chi connectivity index (χ2n) is 18.6. The van der Waals surface area contributed by atoms with E-state index in [1.807, 2.05) is 55.1 Å². The van der Waals surface area contributed by atoms with Crippen molar-refractivity contribution >= 4 is 92.2 Å². The second-order valence-corrected chi connectivity index (χ2v) is 20.9. The first-order valence-electron chi connectivity index (χ1n) is 23.3. The number of β-amino-alcohol motifs (C(OH)–C–C–N with tert-alkyl or cyclic N) is 1. The third-order valence-corrected chi connectivity index (χ3v) is 14.4. The predicted molar refractivity (Wildman–Crippen MR) is 274 cm³/mol. The number of carbonyl (C=O) groups excluding carboxylic acids is 6. The van der Waals surface area contributed by atoms with E-state index >= 15 is 0 Å². The van der Waals surface area contributed by atoms with Gasteiger partial charge in [-0.15, -0.1) is 11.3 Å². The number of likely N-dealkylation sites (tertiary alicyclic amines) is 1. The number of rotatable bonds is 17. The van der Waals surface area contributed by atoms with Gasteiger partial charge in [0.2, 0.25) is 29.5 Å². The van der Waals surface area contributed by atoms with E-state index < -0.39 is 41.3 Å². The summed E-state index contributed by atoms with van der Waals surface area (Å²) in [4.78, 5) is 104. The van der Waals surface area contributed by atoms with Crippen LogP contribution in [0.3, 0.4) is 0 Å². The molecule has 3 unspecified atom stereocenters. The lowest BCUT2D eigenvalue weighted by Gasteiger charge is -2.35. The average molecular weight is 1030 g/mol. The highest BCUT2D eigenvalue weighted by Gasteiger charge is 2.44. The summed E-state index contributed by atoms with van der Waals surface area (Å²) in [7, 11) is 0. The van der Waals surface area contributed by atoms with E-state index in [0.29, 0.717) is 64.4 Å². The van der Waals surface area contributed by atoms with E-state index in [0.717, 1.165) is 27.3 Å². The number of aromatic nitrogens is 4. The molecule has 5 aromatic rings. The number of nitrogens with one attached hydrogen (secondary N) is 5. The molecule has 71 heavy (non-hydrogen) atoms. The second kappa shape index (κ2) is 23.1. The van der Waals surface area contributed by atoms with Gasteiger partial charge in [-0.3, -0.25) is 28.8 Å². The Morgan fingerprint density at radius 2 is 1.65 bits per heavy atom. The van der Waals surface area contributed by atoms with E-state index in [4.69, 9.17) is 11.6 Å². The van der Waals surface area contributed by atoms with Gasteiger partial charge < -0.3 is 46.4 Å². The zero-order chi connectivity index (χ0) is 51.0.